The van der Waals surface area contributed by atoms with E-state index in [-0.39, 0.29) is 11.6 Å². The average molecular weight is 218 g/mol. The zero-order valence-electron chi connectivity index (χ0n) is 5.75. The van der Waals surface area contributed by atoms with Crippen molar-refractivity contribution in [2.75, 3.05) is 0 Å². The maximum atomic E-state index is 10.5. The number of carboxylic acid groups (broad SMARTS) is 1. The van der Waals surface area contributed by atoms with E-state index in [2.05, 4.69) is 15.9 Å². The highest BCUT2D eigenvalue weighted by atomic mass is 79.9. The van der Waals surface area contributed by atoms with Gasteiger partial charge in [0.05, 0.1) is 5.57 Å². The Balaban J connectivity index is 2.90. The van der Waals surface area contributed by atoms with Crippen LogP contribution in [-0.4, -0.2) is 17.1 Å². The standard InChI is InChI=1S/C7H8BrNO2/c8-6-2-1-4(9)3-5(6)7(10)11/h2-4H,1,9H2,(H,10,11). The Morgan fingerprint density at radius 3 is 2.91 bits per heavy atom. The molecule has 0 radical (unpaired) electrons. The van der Waals surface area contributed by atoms with Crippen LogP contribution in [0.1, 0.15) is 6.42 Å². The number of nitrogens with two attached hydrogens (primary N) is 1. The topological polar surface area (TPSA) is 63.3 Å². The van der Waals surface area contributed by atoms with Gasteiger partial charge in [0.1, 0.15) is 0 Å². The van der Waals surface area contributed by atoms with Crippen molar-refractivity contribution in [1.82, 2.24) is 0 Å². The minimum Gasteiger partial charge on any atom is -0.478 e. The van der Waals surface area contributed by atoms with Crippen molar-refractivity contribution >= 4 is 21.9 Å². The maximum Gasteiger partial charge on any atom is 0.336 e. The monoisotopic (exact) mass is 217 g/mol. The van der Waals surface area contributed by atoms with E-state index in [1.54, 1.807) is 12.2 Å². The summed E-state index contributed by atoms with van der Waals surface area (Å²) >= 11 is 3.14. The Hall–Kier alpha value is -0.610. The van der Waals surface area contributed by atoms with Crippen LogP contribution in [0.2, 0.25) is 0 Å². The molecule has 60 valence electrons. The van der Waals surface area contributed by atoms with Gasteiger partial charge in [-0.3, -0.25) is 0 Å². The summed E-state index contributed by atoms with van der Waals surface area (Å²) in [5, 5.41) is 8.63. The number of rotatable bonds is 1. The molecule has 0 saturated carbocycles. The van der Waals surface area contributed by atoms with E-state index in [1.807, 2.05) is 0 Å². The highest BCUT2D eigenvalue weighted by Gasteiger charge is 2.16. The van der Waals surface area contributed by atoms with Gasteiger partial charge < -0.3 is 10.8 Å². The molecule has 1 aliphatic carbocycles. The SMILES string of the molecule is NC1C=C(C(=O)O)C(Br)=CC1. The first-order valence-corrected chi connectivity index (χ1v) is 3.97. The predicted octanol–water partition coefficient (Wildman–Crippen LogP) is 1.01. The van der Waals surface area contributed by atoms with Crippen LogP contribution >= 0.6 is 15.9 Å². The first kappa shape index (κ1) is 8.49. The smallest absolute Gasteiger partial charge is 0.336 e. The largest absolute Gasteiger partial charge is 0.478 e. The van der Waals surface area contributed by atoms with E-state index < -0.39 is 5.97 Å². The van der Waals surface area contributed by atoms with Crippen molar-refractivity contribution < 1.29 is 9.90 Å². The van der Waals surface area contributed by atoms with Crippen molar-refractivity contribution in [2.24, 2.45) is 5.73 Å². The second-order valence-electron chi connectivity index (χ2n) is 2.34. The quantitative estimate of drug-likeness (QED) is 0.690. The summed E-state index contributed by atoms with van der Waals surface area (Å²) in [4.78, 5) is 10.5. The zero-order chi connectivity index (χ0) is 8.43. The minimum absolute atomic E-state index is 0.164. The molecule has 0 fully saturated rings. The molecule has 1 atom stereocenters. The van der Waals surface area contributed by atoms with Gasteiger partial charge in [-0.05, 0) is 6.42 Å². The van der Waals surface area contributed by atoms with Crippen LogP contribution in [0.3, 0.4) is 0 Å². The molecule has 0 bridgehead atoms. The van der Waals surface area contributed by atoms with Crippen LogP contribution in [0, 0.1) is 0 Å². The van der Waals surface area contributed by atoms with Crippen molar-refractivity contribution in [3.8, 4) is 0 Å². The predicted molar refractivity (Wildman–Crippen MR) is 45.3 cm³/mol. The molecule has 3 N–H and O–H groups in total. The molecular formula is C7H8BrNO2. The normalized spacial score (nSPS) is 24.0. The summed E-state index contributed by atoms with van der Waals surface area (Å²) in [6, 6.07) is -0.164. The Bertz CT molecular complexity index is 245. The van der Waals surface area contributed by atoms with E-state index in [0.717, 1.165) is 0 Å². The first-order valence-electron chi connectivity index (χ1n) is 3.18. The van der Waals surface area contributed by atoms with Crippen molar-refractivity contribution in [2.45, 2.75) is 12.5 Å². The number of aliphatic carboxylic acids is 1. The second-order valence-corrected chi connectivity index (χ2v) is 3.19. The van der Waals surface area contributed by atoms with Gasteiger partial charge in [0, 0.05) is 10.5 Å². The summed E-state index contributed by atoms with van der Waals surface area (Å²) in [5.41, 5.74) is 5.77. The van der Waals surface area contributed by atoms with Crippen molar-refractivity contribution in [3.63, 3.8) is 0 Å². The average Bonchev–Trinajstić information content (AvgIpc) is 1.94. The Kier molecular flexibility index (Phi) is 2.46. The fourth-order valence-corrected chi connectivity index (χ4v) is 1.37. The number of hydrogen-bond donors (Lipinski definition) is 2. The number of carbonyl (C=O) groups is 1. The molecule has 3 nitrogen and oxygen atoms in total. The number of carboxylic acids is 1. The maximum absolute atomic E-state index is 10.5. The molecular weight excluding hydrogens is 210 g/mol. The summed E-state index contributed by atoms with van der Waals surface area (Å²) in [6.45, 7) is 0. The molecule has 11 heavy (non-hydrogen) atoms. The van der Waals surface area contributed by atoms with Crippen LogP contribution in [-0.2, 0) is 4.79 Å². The highest BCUT2D eigenvalue weighted by molar-refractivity contribution is 9.12. The van der Waals surface area contributed by atoms with E-state index >= 15 is 0 Å². The molecule has 0 aromatic heterocycles. The van der Waals surface area contributed by atoms with Crippen molar-refractivity contribution in [3.05, 3.63) is 22.2 Å². The first-order chi connectivity index (χ1) is 5.11. The van der Waals surface area contributed by atoms with Gasteiger partial charge in [0.25, 0.3) is 0 Å². The Morgan fingerprint density at radius 2 is 2.45 bits per heavy atom. The molecule has 1 rings (SSSR count). The van der Waals surface area contributed by atoms with E-state index in [9.17, 15) is 4.79 Å². The van der Waals surface area contributed by atoms with Gasteiger partial charge in [-0.25, -0.2) is 4.79 Å². The third kappa shape index (κ3) is 1.91. The Labute approximate surface area is 72.7 Å². The van der Waals surface area contributed by atoms with Crippen LogP contribution in [0.25, 0.3) is 0 Å². The van der Waals surface area contributed by atoms with Crippen LogP contribution in [0.15, 0.2) is 22.2 Å². The summed E-state index contributed by atoms with van der Waals surface area (Å²) in [6.07, 6.45) is 4.01. The molecule has 0 saturated heterocycles. The summed E-state index contributed by atoms with van der Waals surface area (Å²) in [7, 11) is 0. The molecule has 0 heterocycles. The molecule has 1 aliphatic rings. The second kappa shape index (κ2) is 3.19. The Morgan fingerprint density at radius 1 is 1.82 bits per heavy atom. The lowest BCUT2D eigenvalue weighted by atomic mass is 10.0. The van der Waals surface area contributed by atoms with Gasteiger partial charge in [0.15, 0.2) is 0 Å². The van der Waals surface area contributed by atoms with E-state index in [4.69, 9.17) is 10.8 Å². The van der Waals surface area contributed by atoms with Crippen LogP contribution in [0.5, 0.6) is 0 Å². The fourth-order valence-electron chi connectivity index (χ4n) is 0.885. The van der Waals surface area contributed by atoms with E-state index in [1.165, 1.54) is 0 Å². The van der Waals surface area contributed by atoms with Crippen LogP contribution in [0.4, 0.5) is 0 Å². The molecule has 0 aliphatic heterocycles. The molecule has 0 aromatic rings. The van der Waals surface area contributed by atoms with Gasteiger partial charge in [-0.1, -0.05) is 28.1 Å². The van der Waals surface area contributed by atoms with Gasteiger partial charge in [-0.15, -0.1) is 0 Å². The lowest BCUT2D eigenvalue weighted by molar-refractivity contribution is -0.132. The highest BCUT2D eigenvalue weighted by Crippen LogP contribution is 2.23. The lowest BCUT2D eigenvalue weighted by Gasteiger charge is -2.11. The lowest BCUT2D eigenvalue weighted by Crippen LogP contribution is -2.21. The van der Waals surface area contributed by atoms with Gasteiger partial charge in [0.2, 0.25) is 0 Å². The third-order valence-corrected chi connectivity index (χ3v) is 2.19. The minimum atomic E-state index is -0.941. The molecule has 0 aromatic carbocycles. The zero-order valence-corrected chi connectivity index (χ0v) is 7.34. The number of halogens is 1. The van der Waals surface area contributed by atoms with Crippen LogP contribution < -0.4 is 5.73 Å². The fraction of sp³-hybridized carbons (Fsp3) is 0.286. The molecule has 0 spiro atoms. The van der Waals surface area contributed by atoms with E-state index in [0.29, 0.717) is 10.9 Å². The molecule has 4 heteroatoms. The third-order valence-electron chi connectivity index (χ3n) is 1.44. The van der Waals surface area contributed by atoms with Crippen molar-refractivity contribution in [1.29, 1.82) is 0 Å². The van der Waals surface area contributed by atoms with Gasteiger partial charge >= 0.3 is 5.97 Å². The summed E-state index contributed by atoms with van der Waals surface area (Å²) in [5.74, 6) is -0.941. The van der Waals surface area contributed by atoms with Gasteiger partial charge in [-0.2, -0.15) is 0 Å². The molecule has 1 unspecified atom stereocenters. The summed E-state index contributed by atoms with van der Waals surface area (Å²) < 4.78 is 0.617. The number of hydrogen-bond acceptors (Lipinski definition) is 2. The molecule has 0 amide bonds.